The lowest BCUT2D eigenvalue weighted by Crippen LogP contribution is -1.88. The van der Waals surface area contributed by atoms with E-state index in [2.05, 4.69) is 42.6 Å². The number of aryl methyl sites for hydroxylation is 1. The maximum atomic E-state index is 5.31. The molecular formula is C15H17N. The summed E-state index contributed by atoms with van der Waals surface area (Å²) < 4.78 is 0. The van der Waals surface area contributed by atoms with Crippen molar-refractivity contribution >= 4 is 17.0 Å². The lowest BCUT2D eigenvalue weighted by Gasteiger charge is -2.07. The number of allylic oxidation sites excluding steroid dienone is 1. The Morgan fingerprint density at radius 2 is 2.12 bits per heavy atom. The minimum absolute atomic E-state index is 0.691. The predicted molar refractivity (Wildman–Crippen MR) is 72.1 cm³/mol. The Bertz CT molecular complexity index is 473. The van der Waals surface area contributed by atoms with Gasteiger partial charge in [-0.3, -0.25) is 0 Å². The van der Waals surface area contributed by atoms with E-state index in [1.807, 2.05) is 13.8 Å². The summed E-state index contributed by atoms with van der Waals surface area (Å²) >= 11 is 0. The molecular weight excluding hydrogens is 194 g/mol. The molecule has 0 N–H and O–H groups in total. The van der Waals surface area contributed by atoms with Crippen molar-refractivity contribution in [2.75, 3.05) is 0 Å². The molecule has 0 aliphatic rings. The summed E-state index contributed by atoms with van der Waals surface area (Å²) in [6.07, 6.45) is 6.31. The van der Waals surface area contributed by atoms with E-state index in [1.54, 1.807) is 0 Å². The van der Waals surface area contributed by atoms with E-state index in [9.17, 15) is 0 Å². The van der Waals surface area contributed by atoms with Crippen LogP contribution in [0.5, 0.6) is 0 Å². The highest BCUT2D eigenvalue weighted by atomic mass is 14.7. The van der Waals surface area contributed by atoms with Crippen LogP contribution in [0.15, 0.2) is 29.8 Å². The molecule has 0 saturated carbocycles. The van der Waals surface area contributed by atoms with Gasteiger partial charge in [-0.25, -0.2) is 4.99 Å². The molecule has 1 aromatic carbocycles. The molecule has 0 saturated heterocycles. The second kappa shape index (κ2) is 5.32. The highest BCUT2D eigenvalue weighted by Gasteiger charge is 2.03. The van der Waals surface area contributed by atoms with Gasteiger partial charge in [0.05, 0.1) is 11.4 Å². The highest BCUT2D eigenvalue weighted by Crippen LogP contribution is 2.27. The van der Waals surface area contributed by atoms with Crippen LogP contribution < -0.4 is 0 Å². The van der Waals surface area contributed by atoms with E-state index in [4.69, 9.17) is 6.42 Å². The van der Waals surface area contributed by atoms with Gasteiger partial charge in [-0.05, 0) is 37.5 Å². The molecule has 0 aromatic heterocycles. The number of aliphatic imine (C=N–C) groups is 1. The molecule has 0 amide bonds. The molecule has 0 atom stereocenters. The summed E-state index contributed by atoms with van der Waals surface area (Å²) in [5, 5.41) is 0. The Kier molecular flexibility index (Phi) is 4.08. The Balaban J connectivity index is 3.32. The van der Waals surface area contributed by atoms with Crippen LogP contribution in [0.3, 0.4) is 0 Å². The molecule has 0 bridgehead atoms. The van der Waals surface area contributed by atoms with Crippen molar-refractivity contribution in [3.8, 4) is 12.3 Å². The Morgan fingerprint density at radius 1 is 1.44 bits per heavy atom. The van der Waals surface area contributed by atoms with Crippen molar-refractivity contribution in [3.63, 3.8) is 0 Å². The second-order valence-corrected chi connectivity index (χ2v) is 3.83. The summed E-state index contributed by atoms with van der Waals surface area (Å²) in [5.74, 6) is 2.54. The topological polar surface area (TPSA) is 12.4 Å². The van der Waals surface area contributed by atoms with Gasteiger partial charge in [0.15, 0.2) is 0 Å². The SMILES string of the molecule is C#CC(C)=Nc1cc(CC)ccc1C(=C)C. The minimum atomic E-state index is 0.691. The van der Waals surface area contributed by atoms with Crippen molar-refractivity contribution in [2.45, 2.75) is 27.2 Å². The zero-order valence-corrected chi connectivity index (χ0v) is 10.2. The molecule has 16 heavy (non-hydrogen) atoms. The lowest BCUT2D eigenvalue weighted by atomic mass is 10.0. The summed E-state index contributed by atoms with van der Waals surface area (Å²) in [5.41, 5.74) is 4.93. The van der Waals surface area contributed by atoms with Crippen LogP contribution >= 0.6 is 0 Å². The molecule has 1 heteroatoms. The van der Waals surface area contributed by atoms with Crippen molar-refractivity contribution in [2.24, 2.45) is 4.99 Å². The number of nitrogens with zero attached hydrogens (tertiary/aromatic N) is 1. The van der Waals surface area contributed by atoms with Crippen LogP contribution in [0.4, 0.5) is 5.69 Å². The summed E-state index contributed by atoms with van der Waals surface area (Å²) in [4.78, 5) is 4.43. The van der Waals surface area contributed by atoms with Gasteiger partial charge in [0.2, 0.25) is 0 Å². The predicted octanol–water partition coefficient (Wildman–Crippen LogP) is 4.01. The highest BCUT2D eigenvalue weighted by molar-refractivity contribution is 6.00. The van der Waals surface area contributed by atoms with Gasteiger partial charge in [0.1, 0.15) is 0 Å². The van der Waals surface area contributed by atoms with E-state index >= 15 is 0 Å². The average Bonchev–Trinajstić information content (AvgIpc) is 2.28. The maximum Gasteiger partial charge on any atom is 0.0873 e. The molecule has 0 unspecified atom stereocenters. The quantitative estimate of drug-likeness (QED) is 0.529. The summed E-state index contributed by atoms with van der Waals surface area (Å²) in [6, 6.07) is 6.24. The third-order valence-corrected chi connectivity index (χ3v) is 2.43. The van der Waals surface area contributed by atoms with Crippen LogP contribution in [0.1, 0.15) is 31.9 Å². The van der Waals surface area contributed by atoms with Crippen molar-refractivity contribution < 1.29 is 0 Å². The molecule has 1 aromatic rings. The first-order valence-corrected chi connectivity index (χ1v) is 5.39. The van der Waals surface area contributed by atoms with Crippen LogP contribution in [-0.4, -0.2) is 5.71 Å². The molecule has 82 valence electrons. The van der Waals surface area contributed by atoms with Gasteiger partial charge in [0, 0.05) is 5.56 Å². The standard InChI is InChI=1S/C15H17N/c1-6-12(5)16-15-10-13(7-2)8-9-14(15)11(3)4/h1,8-10H,3,7H2,2,4-5H3. The Morgan fingerprint density at radius 3 is 2.62 bits per heavy atom. The van der Waals surface area contributed by atoms with E-state index in [-0.39, 0.29) is 0 Å². The third-order valence-electron chi connectivity index (χ3n) is 2.43. The maximum absolute atomic E-state index is 5.31. The fraction of sp³-hybridized carbons (Fsp3) is 0.267. The molecule has 0 radical (unpaired) electrons. The largest absolute Gasteiger partial charge is 0.244 e. The Hall–Kier alpha value is -1.81. The average molecular weight is 211 g/mol. The number of hydrogen-bond donors (Lipinski definition) is 0. The zero-order chi connectivity index (χ0) is 12.1. The van der Waals surface area contributed by atoms with E-state index in [0.29, 0.717) is 5.71 Å². The van der Waals surface area contributed by atoms with E-state index < -0.39 is 0 Å². The first kappa shape index (κ1) is 12.3. The molecule has 0 spiro atoms. The van der Waals surface area contributed by atoms with Crippen molar-refractivity contribution in [1.29, 1.82) is 0 Å². The van der Waals surface area contributed by atoms with Crippen LogP contribution in [0, 0.1) is 12.3 Å². The summed E-state index contributed by atoms with van der Waals surface area (Å²) in [6.45, 7) is 9.89. The number of rotatable bonds is 3. The normalized spacial score (nSPS) is 11.0. The van der Waals surface area contributed by atoms with Gasteiger partial charge in [-0.1, -0.05) is 31.6 Å². The van der Waals surface area contributed by atoms with Gasteiger partial charge in [-0.15, -0.1) is 6.42 Å². The van der Waals surface area contributed by atoms with Crippen molar-refractivity contribution in [1.82, 2.24) is 0 Å². The number of benzene rings is 1. The van der Waals surface area contributed by atoms with Gasteiger partial charge >= 0.3 is 0 Å². The van der Waals surface area contributed by atoms with E-state index in [1.165, 1.54) is 5.56 Å². The first-order chi connectivity index (χ1) is 7.58. The Labute approximate surface area is 97.9 Å². The summed E-state index contributed by atoms with van der Waals surface area (Å²) in [7, 11) is 0. The van der Waals surface area contributed by atoms with E-state index in [0.717, 1.165) is 23.2 Å². The van der Waals surface area contributed by atoms with Crippen molar-refractivity contribution in [3.05, 3.63) is 35.9 Å². The van der Waals surface area contributed by atoms with Gasteiger partial charge in [-0.2, -0.15) is 0 Å². The van der Waals surface area contributed by atoms with Gasteiger partial charge < -0.3 is 0 Å². The molecule has 1 nitrogen and oxygen atoms in total. The monoisotopic (exact) mass is 211 g/mol. The molecule has 1 rings (SSSR count). The van der Waals surface area contributed by atoms with Gasteiger partial charge in [0.25, 0.3) is 0 Å². The zero-order valence-electron chi connectivity index (χ0n) is 10.2. The van der Waals surface area contributed by atoms with Crippen LogP contribution in [0.2, 0.25) is 0 Å². The fourth-order valence-corrected chi connectivity index (χ4v) is 1.46. The molecule has 0 heterocycles. The second-order valence-electron chi connectivity index (χ2n) is 3.83. The number of hydrogen-bond acceptors (Lipinski definition) is 1. The first-order valence-electron chi connectivity index (χ1n) is 5.39. The smallest absolute Gasteiger partial charge is 0.0873 e. The van der Waals surface area contributed by atoms with Crippen LogP contribution in [-0.2, 0) is 6.42 Å². The number of terminal acetylenes is 1. The lowest BCUT2D eigenvalue weighted by molar-refractivity contribution is 1.14. The van der Waals surface area contributed by atoms with Crippen LogP contribution in [0.25, 0.3) is 5.57 Å². The fourth-order valence-electron chi connectivity index (χ4n) is 1.46. The molecule has 0 aliphatic heterocycles. The third kappa shape index (κ3) is 2.84. The molecule has 0 fully saturated rings. The minimum Gasteiger partial charge on any atom is -0.244 e. The molecule has 0 aliphatic carbocycles.